The Morgan fingerprint density at radius 2 is 1.81 bits per heavy atom. The summed E-state index contributed by atoms with van der Waals surface area (Å²) in [4.78, 5) is 37.0. The quantitative estimate of drug-likeness (QED) is 0.257. The number of amides is 4. The van der Waals surface area contributed by atoms with Crippen molar-refractivity contribution < 1.29 is 28.4 Å². The van der Waals surface area contributed by atoms with E-state index in [1.807, 2.05) is 0 Å². The molecule has 10 nitrogen and oxygen atoms in total. The van der Waals surface area contributed by atoms with Crippen LogP contribution in [0.2, 0.25) is 0 Å². The molecule has 37 heavy (non-hydrogen) atoms. The van der Waals surface area contributed by atoms with Crippen LogP contribution in [0.1, 0.15) is 87.5 Å². The molecule has 210 valence electrons. The van der Waals surface area contributed by atoms with Crippen molar-refractivity contribution in [2.45, 2.75) is 117 Å². The molecule has 0 spiro atoms. The van der Waals surface area contributed by atoms with E-state index in [2.05, 4.69) is 50.6 Å². The van der Waals surface area contributed by atoms with Crippen LogP contribution in [0.15, 0.2) is 0 Å². The molecule has 0 aromatic heterocycles. The minimum Gasteiger partial charge on any atom is -0.444 e. The molecule has 0 radical (unpaired) electrons. The number of hydrogen-bond donors (Lipinski definition) is 4. The molecule has 4 aliphatic rings. The lowest BCUT2D eigenvalue weighted by molar-refractivity contribution is -0.199. The van der Waals surface area contributed by atoms with Gasteiger partial charge in [-0.3, -0.25) is 4.79 Å². The molecule has 5 N–H and O–H groups in total. The van der Waals surface area contributed by atoms with Crippen LogP contribution >= 0.6 is 0 Å². The first-order valence-corrected chi connectivity index (χ1v) is 13.7. The van der Waals surface area contributed by atoms with Crippen molar-refractivity contribution >= 4 is 25.1 Å². The molecular weight excluding hydrogens is 475 g/mol. The maximum absolute atomic E-state index is 13.5. The molecular formula is C26H47BN4O6. The Morgan fingerprint density at radius 1 is 1.14 bits per heavy atom. The zero-order valence-corrected chi connectivity index (χ0v) is 23.8. The Bertz CT molecular complexity index is 862. The van der Waals surface area contributed by atoms with Crippen LogP contribution in [0, 0.1) is 23.2 Å². The van der Waals surface area contributed by atoms with E-state index in [4.69, 9.17) is 19.8 Å². The lowest BCUT2D eigenvalue weighted by Gasteiger charge is -2.64. The monoisotopic (exact) mass is 522 g/mol. The number of alkyl carbamates (subject to hydrolysis) is 1. The first-order chi connectivity index (χ1) is 17.0. The van der Waals surface area contributed by atoms with E-state index in [1.165, 1.54) is 0 Å². The Hall–Kier alpha value is -2.01. The minimum absolute atomic E-state index is 0.0106. The molecule has 1 heterocycles. The average Bonchev–Trinajstić information content (AvgIpc) is 3.10. The van der Waals surface area contributed by atoms with Crippen LogP contribution < -0.4 is 21.7 Å². The Kier molecular flexibility index (Phi) is 8.79. The molecule has 4 fully saturated rings. The average molecular weight is 522 g/mol. The van der Waals surface area contributed by atoms with Gasteiger partial charge in [-0.15, -0.1) is 0 Å². The van der Waals surface area contributed by atoms with Crippen LogP contribution in [0.4, 0.5) is 9.59 Å². The first kappa shape index (κ1) is 29.5. The highest BCUT2D eigenvalue weighted by molar-refractivity contribution is 6.47. The van der Waals surface area contributed by atoms with Crippen LogP contribution in [0.3, 0.4) is 0 Å². The highest BCUT2D eigenvalue weighted by atomic mass is 16.7. The van der Waals surface area contributed by atoms with Gasteiger partial charge < -0.3 is 35.7 Å². The van der Waals surface area contributed by atoms with Gasteiger partial charge >= 0.3 is 19.2 Å². The molecule has 0 aromatic carbocycles. The van der Waals surface area contributed by atoms with Crippen molar-refractivity contribution in [1.29, 1.82) is 0 Å². The summed E-state index contributed by atoms with van der Waals surface area (Å²) >= 11 is 0. The number of ether oxygens (including phenoxy) is 1. The van der Waals surface area contributed by atoms with Crippen molar-refractivity contribution in [2.75, 3.05) is 6.54 Å². The highest BCUT2D eigenvalue weighted by Crippen LogP contribution is 2.65. The van der Waals surface area contributed by atoms with Gasteiger partial charge in [0.25, 0.3) is 0 Å². The second-order valence-corrected chi connectivity index (χ2v) is 13.2. The van der Waals surface area contributed by atoms with Gasteiger partial charge in [0.15, 0.2) is 0 Å². The van der Waals surface area contributed by atoms with E-state index in [0.717, 1.165) is 12.8 Å². The van der Waals surface area contributed by atoms with E-state index in [-0.39, 0.29) is 41.4 Å². The number of nitrogens with two attached hydrogens (primary N) is 1. The molecule has 4 amide bonds. The third kappa shape index (κ3) is 6.90. The smallest absolute Gasteiger partial charge is 0.444 e. The van der Waals surface area contributed by atoms with Gasteiger partial charge in [-0.1, -0.05) is 27.7 Å². The number of carbonyl (C=O) groups is 3. The summed E-state index contributed by atoms with van der Waals surface area (Å²) in [7, 11) is -0.560. The van der Waals surface area contributed by atoms with Crippen molar-refractivity contribution in [3.8, 4) is 0 Å². The van der Waals surface area contributed by atoms with Crippen LogP contribution in [-0.4, -0.2) is 61.0 Å². The number of hydrogen-bond acceptors (Lipinski definition) is 6. The van der Waals surface area contributed by atoms with Crippen LogP contribution in [0.25, 0.3) is 0 Å². The summed E-state index contributed by atoms with van der Waals surface area (Å²) in [6, 6.07) is -1.49. The highest BCUT2D eigenvalue weighted by Gasteiger charge is 2.68. The zero-order chi connectivity index (χ0) is 27.8. The van der Waals surface area contributed by atoms with Crippen molar-refractivity contribution in [2.24, 2.45) is 28.9 Å². The fraction of sp³-hybridized carbons (Fsp3) is 0.885. The summed E-state index contributed by atoms with van der Waals surface area (Å²) in [5.41, 5.74) is 4.29. The number of nitrogens with one attached hydrogen (secondary N) is 3. The van der Waals surface area contributed by atoms with E-state index < -0.39 is 30.9 Å². The van der Waals surface area contributed by atoms with E-state index in [0.29, 0.717) is 31.1 Å². The van der Waals surface area contributed by atoms with Crippen molar-refractivity contribution in [1.82, 2.24) is 16.0 Å². The van der Waals surface area contributed by atoms with E-state index >= 15 is 0 Å². The third-order valence-corrected chi connectivity index (χ3v) is 8.33. The molecule has 3 aliphatic carbocycles. The van der Waals surface area contributed by atoms with E-state index in [1.54, 1.807) is 20.8 Å². The van der Waals surface area contributed by atoms with Crippen LogP contribution in [-0.2, 0) is 18.8 Å². The Balaban J connectivity index is 1.70. The lowest BCUT2D eigenvalue weighted by Crippen LogP contribution is -2.65. The molecule has 1 aliphatic heterocycles. The molecule has 4 rings (SSSR count). The molecule has 11 heteroatoms. The number of urea groups is 1. The van der Waals surface area contributed by atoms with Crippen LogP contribution in [0.5, 0.6) is 0 Å². The lowest BCUT2D eigenvalue weighted by atomic mass is 9.43. The Morgan fingerprint density at radius 3 is 2.38 bits per heavy atom. The predicted molar refractivity (Wildman–Crippen MR) is 141 cm³/mol. The second-order valence-electron chi connectivity index (χ2n) is 13.2. The largest absolute Gasteiger partial charge is 0.481 e. The van der Waals surface area contributed by atoms with E-state index in [9.17, 15) is 14.4 Å². The SMILES string of the molecule is CC(C)C[C@H](NC(=O)[C@H](CCCNC(N)=O)NC(=O)OC(C)(C)C)B1O[C@@H]2C[C@@H]3C[C@@H](C3(C)C)[C@]2(C)O1. The molecule has 3 saturated carbocycles. The van der Waals surface area contributed by atoms with Gasteiger partial charge in [-0.05, 0) is 83.0 Å². The standard InChI is InChI=1S/C26H47BN4O6/c1-15(2)12-20(27-36-19-14-16-13-18(25(16,6)7)26(19,8)37-27)31-21(32)17(10-9-11-29-22(28)33)30-23(34)35-24(3,4)5/h15-20H,9-14H2,1-8H3,(H,30,34)(H,31,32)(H3,28,29,33)/t16-,17-,18-,19+,20-,26-/m0/s1. The van der Waals surface area contributed by atoms with Gasteiger partial charge in [0.2, 0.25) is 5.91 Å². The molecule has 6 atom stereocenters. The van der Waals surface area contributed by atoms with Gasteiger partial charge in [0.05, 0.1) is 17.6 Å². The second kappa shape index (κ2) is 11.0. The maximum Gasteiger partial charge on any atom is 0.481 e. The van der Waals surface area contributed by atoms with Gasteiger partial charge in [0.1, 0.15) is 11.6 Å². The molecule has 0 aromatic rings. The molecule has 2 bridgehead atoms. The normalized spacial score (nSPS) is 29.5. The summed E-state index contributed by atoms with van der Waals surface area (Å²) in [5, 5.41) is 8.32. The predicted octanol–water partition coefficient (Wildman–Crippen LogP) is 3.13. The fourth-order valence-corrected chi connectivity index (χ4v) is 6.34. The maximum atomic E-state index is 13.5. The minimum atomic E-state index is -0.856. The van der Waals surface area contributed by atoms with Crippen molar-refractivity contribution in [3.63, 3.8) is 0 Å². The number of primary amides is 1. The van der Waals surface area contributed by atoms with Gasteiger partial charge in [-0.2, -0.15) is 0 Å². The summed E-state index contributed by atoms with van der Waals surface area (Å²) in [5.74, 6) is 0.625. The van der Waals surface area contributed by atoms with Gasteiger partial charge in [-0.25, -0.2) is 9.59 Å². The topological polar surface area (TPSA) is 141 Å². The van der Waals surface area contributed by atoms with Gasteiger partial charge in [0, 0.05) is 6.54 Å². The summed E-state index contributed by atoms with van der Waals surface area (Å²) in [6.07, 6.45) is 2.86. The van der Waals surface area contributed by atoms with Crippen molar-refractivity contribution in [3.05, 3.63) is 0 Å². The first-order valence-electron chi connectivity index (χ1n) is 13.7. The number of rotatable bonds is 10. The third-order valence-electron chi connectivity index (χ3n) is 8.33. The fourth-order valence-electron chi connectivity index (χ4n) is 6.34. The zero-order valence-electron chi connectivity index (χ0n) is 23.8. The summed E-state index contributed by atoms with van der Waals surface area (Å²) < 4.78 is 18.5. The number of carbonyl (C=O) groups excluding carboxylic acids is 3. The molecule has 1 saturated heterocycles. The molecule has 0 unspecified atom stereocenters. The summed E-state index contributed by atoms with van der Waals surface area (Å²) in [6.45, 7) is 16.6. The Labute approximate surface area is 222 Å².